The third-order valence-electron chi connectivity index (χ3n) is 4.78. The Labute approximate surface area is 127 Å². The Morgan fingerprint density at radius 2 is 1.91 bits per heavy atom. The van der Waals surface area contributed by atoms with Gasteiger partial charge in [-0.15, -0.1) is 0 Å². The molecule has 2 fully saturated rings. The molecule has 6 heteroatoms. The number of carboxylic acids is 1. The fraction of sp³-hybridized carbons (Fsp3) is 0.500. The maximum Gasteiger partial charge on any atom is 0.307 e. The molecule has 1 aromatic rings. The molecule has 2 aliphatic rings. The third kappa shape index (κ3) is 2.91. The van der Waals surface area contributed by atoms with E-state index in [1.165, 1.54) is 24.3 Å². The van der Waals surface area contributed by atoms with Crippen LogP contribution in [0, 0.1) is 17.2 Å². The Morgan fingerprint density at radius 3 is 2.45 bits per heavy atom. The average molecular weight is 307 g/mol. The van der Waals surface area contributed by atoms with Gasteiger partial charge in [0.1, 0.15) is 11.6 Å². The minimum atomic E-state index is -0.723. The molecular weight excluding hydrogens is 289 g/mol. The van der Waals surface area contributed by atoms with E-state index >= 15 is 0 Å². The van der Waals surface area contributed by atoms with Crippen LogP contribution < -0.4 is 4.74 Å². The average Bonchev–Trinajstić information content (AvgIpc) is 3.21. The van der Waals surface area contributed by atoms with Crippen molar-refractivity contribution in [3.05, 3.63) is 30.1 Å². The van der Waals surface area contributed by atoms with Gasteiger partial charge in [-0.3, -0.25) is 9.59 Å². The lowest BCUT2D eigenvalue weighted by Gasteiger charge is -2.32. The first-order chi connectivity index (χ1) is 10.5. The number of piperidine rings is 1. The van der Waals surface area contributed by atoms with Crippen molar-refractivity contribution in [3.63, 3.8) is 0 Å². The molecular formula is C16H18FNO4. The van der Waals surface area contributed by atoms with Gasteiger partial charge in [0.05, 0.1) is 5.92 Å². The van der Waals surface area contributed by atoms with Crippen LogP contribution in [0.2, 0.25) is 0 Å². The number of rotatable bonds is 4. The molecule has 3 rings (SSSR count). The fourth-order valence-corrected chi connectivity index (χ4v) is 3.22. The number of carbonyl (C=O) groups is 2. The lowest BCUT2D eigenvalue weighted by atomic mass is 9.91. The summed E-state index contributed by atoms with van der Waals surface area (Å²) in [7, 11) is 0. The second-order valence-corrected chi connectivity index (χ2v) is 6.08. The Bertz CT molecular complexity index is 578. The number of nitrogens with zero attached hydrogens (tertiary/aromatic N) is 1. The molecule has 22 heavy (non-hydrogen) atoms. The summed E-state index contributed by atoms with van der Waals surface area (Å²) in [5.41, 5.74) is -0.0829. The van der Waals surface area contributed by atoms with Gasteiger partial charge in [-0.2, -0.15) is 0 Å². The lowest BCUT2D eigenvalue weighted by Crippen LogP contribution is -2.42. The largest absolute Gasteiger partial charge is 0.484 e. The van der Waals surface area contributed by atoms with E-state index in [4.69, 9.17) is 9.84 Å². The number of aliphatic carboxylic acids is 1. The summed E-state index contributed by atoms with van der Waals surface area (Å²) in [6.07, 6.45) is 2.22. The zero-order valence-corrected chi connectivity index (χ0v) is 12.1. The maximum absolute atomic E-state index is 12.8. The van der Waals surface area contributed by atoms with Crippen LogP contribution in [0.1, 0.15) is 19.3 Å². The van der Waals surface area contributed by atoms with Crippen LogP contribution in [0.3, 0.4) is 0 Å². The molecule has 1 saturated heterocycles. The number of ether oxygens (including phenoxy) is 1. The fourth-order valence-electron chi connectivity index (χ4n) is 3.22. The molecule has 0 bridgehead atoms. The van der Waals surface area contributed by atoms with E-state index in [0.717, 1.165) is 19.3 Å². The highest BCUT2D eigenvalue weighted by Gasteiger charge is 2.59. The standard InChI is InChI=1S/C16H18FNO4/c17-11-1-3-12(4-2-11)22-10-14(19)18-7-5-16(6-8-18)9-13(16)15(20)21/h1-4,13H,5-10H2,(H,20,21). The SMILES string of the molecule is O=C(O)C1CC12CCN(C(=O)COc1ccc(F)cc1)CC2. The first-order valence-electron chi connectivity index (χ1n) is 7.39. The van der Waals surface area contributed by atoms with Crippen molar-refractivity contribution in [3.8, 4) is 5.75 Å². The summed E-state index contributed by atoms with van der Waals surface area (Å²) in [5, 5.41) is 9.05. The third-order valence-corrected chi connectivity index (χ3v) is 4.78. The van der Waals surface area contributed by atoms with Crippen LogP contribution in [0.25, 0.3) is 0 Å². The normalized spacial score (nSPS) is 22.4. The first-order valence-corrected chi connectivity index (χ1v) is 7.39. The molecule has 118 valence electrons. The summed E-state index contributed by atoms with van der Waals surface area (Å²) in [6.45, 7) is 1.08. The van der Waals surface area contributed by atoms with E-state index in [-0.39, 0.29) is 29.7 Å². The molecule has 1 N–H and O–H groups in total. The molecule has 1 aromatic carbocycles. The minimum Gasteiger partial charge on any atom is -0.484 e. The summed E-state index contributed by atoms with van der Waals surface area (Å²) in [4.78, 5) is 24.8. The predicted octanol–water partition coefficient (Wildman–Crippen LogP) is 1.92. The number of carboxylic acid groups (broad SMARTS) is 1. The van der Waals surface area contributed by atoms with Crippen molar-refractivity contribution in [1.29, 1.82) is 0 Å². The molecule has 0 radical (unpaired) electrons. The highest BCUT2D eigenvalue weighted by molar-refractivity contribution is 5.78. The summed E-state index contributed by atoms with van der Waals surface area (Å²) < 4.78 is 18.1. The molecule has 1 amide bonds. The van der Waals surface area contributed by atoms with Gasteiger partial charge in [0, 0.05) is 13.1 Å². The van der Waals surface area contributed by atoms with Crippen molar-refractivity contribution in [2.45, 2.75) is 19.3 Å². The van der Waals surface area contributed by atoms with Gasteiger partial charge in [0.15, 0.2) is 6.61 Å². The molecule has 1 unspecified atom stereocenters. The lowest BCUT2D eigenvalue weighted by molar-refractivity contribution is -0.140. The van der Waals surface area contributed by atoms with Crippen molar-refractivity contribution < 1.29 is 23.8 Å². The molecule has 5 nitrogen and oxygen atoms in total. The predicted molar refractivity (Wildman–Crippen MR) is 75.9 cm³/mol. The first kappa shape index (κ1) is 14.8. The van der Waals surface area contributed by atoms with Crippen molar-refractivity contribution in [2.24, 2.45) is 11.3 Å². The van der Waals surface area contributed by atoms with Gasteiger partial charge >= 0.3 is 5.97 Å². The number of amides is 1. The molecule has 0 aromatic heterocycles. The molecule has 1 aliphatic carbocycles. The van der Waals surface area contributed by atoms with E-state index in [9.17, 15) is 14.0 Å². The smallest absolute Gasteiger partial charge is 0.307 e. The van der Waals surface area contributed by atoms with Crippen LogP contribution in [0.5, 0.6) is 5.75 Å². The van der Waals surface area contributed by atoms with Gasteiger partial charge in [0.25, 0.3) is 5.91 Å². The molecule has 1 spiro atoms. The summed E-state index contributed by atoms with van der Waals surface area (Å²) >= 11 is 0. The monoisotopic (exact) mass is 307 g/mol. The summed E-state index contributed by atoms with van der Waals surface area (Å²) in [5.74, 6) is -0.972. The Hall–Kier alpha value is -2.11. The van der Waals surface area contributed by atoms with Crippen LogP contribution in [-0.4, -0.2) is 41.6 Å². The van der Waals surface area contributed by atoms with E-state index < -0.39 is 5.97 Å². The van der Waals surface area contributed by atoms with Crippen LogP contribution in [-0.2, 0) is 9.59 Å². The van der Waals surface area contributed by atoms with Crippen LogP contribution in [0.4, 0.5) is 4.39 Å². The highest BCUT2D eigenvalue weighted by Crippen LogP contribution is 2.59. The van der Waals surface area contributed by atoms with Gasteiger partial charge in [-0.25, -0.2) is 4.39 Å². The summed E-state index contributed by atoms with van der Waals surface area (Å²) in [6, 6.07) is 5.53. The molecule has 1 aliphatic heterocycles. The number of hydrogen-bond donors (Lipinski definition) is 1. The van der Waals surface area contributed by atoms with Gasteiger partial charge in [-0.05, 0) is 48.9 Å². The second-order valence-electron chi connectivity index (χ2n) is 6.08. The number of halogens is 1. The molecule has 1 saturated carbocycles. The number of benzene rings is 1. The quantitative estimate of drug-likeness (QED) is 0.923. The van der Waals surface area contributed by atoms with E-state index in [1.807, 2.05) is 0 Å². The van der Waals surface area contributed by atoms with Gasteiger partial charge in [0.2, 0.25) is 0 Å². The number of carbonyl (C=O) groups excluding carboxylic acids is 1. The topological polar surface area (TPSA) is 66.8 Å². The Kier molecular flexibility index (Phi) is 3.76. The number of hydrogen-bond acceptors (Lipinski definition) is 3. The van der Waals surface area contributed by atoms with Gasteiger partial charge < -0.3 is 14.7 Å². The molecule has 1 atom stereocenters. The second kappa shape index (κ2) is 5.59. The van der Waals surface area contributed by atoms with E-state index in [0.29, 0.717) is 18.8 Å². The minimum absolute atomic E-state index is 0.0823. The van der Waals surface area contributed by atoms with Gasteiger partial charge in [-0.1, -0.05) is 0 Å². The maximum atomic E-state index is 12.8. The number of likely N-dealkylation sites (tertiary alicyclic amines) is 1. The van der Waals surface area contributed by atoms with Crippen molar-refractivity contribution in [2.75, 3.05) is 19.7 Å². The zero-order chi connectivity index (χ0) is 15.7. The van der Waals surface area contributed by atoms with E-state index in [1.54, 1.807) is 4.90 Å². The van der Waals surface area contributed by atoms with Crippen LogP contribution in [0.15, 0.2) is 24.3 Å². The van der Waals surface area contributed by atoms with Crippen molar-refractivity contribution in [1.82, 2.24) is 4.90 Å². The van der Waals surface area contributed by atoms with E-state index in [2.05, 4.69) is 0 Å². The Balaban J connectivity index is 1.46. The highest BCUT2D eigenvalue weighted by atomic mass is 19.1. The van der Waals surface area contributed by atoms with Crippen molar-refractivity contribution >= 4 is 11.9 Å². The molecule has 1 heterocycles. The Morgan fingerprint density at radius 1 is 1.27 bits per heavy atom. The zero-order valence-electron chi connectivity index (χ0n) is 12.1. The van der Waals surface area contributed by atoms with Crippen LogP contribution >= 0.6 is 0 Å².